The highest BCUT2D eigenvalue weighted by molar-refractivity contribution is 5.96. The minimum atomic E-state index is -0.00687. The molecular weight excluding hydrogens is 294 g/mol. The van der Waals surface area contributed by atoms with Crippen LogP contribution in [0.5, 0.6) is 0 Å². The second kappa shape index (κ2) is 7.13. The van der Waals surface area contributed by atoms with Crippen molar-refractivity contribution >= 4 is 11.7 Å². The van der Waals surface area contributed by atoms with Gasteiger partial charge in [0, 0.05) is 38.1 Å². The Morgan fingerprint density at radius 1 is 1.26 bits per heavy atom. The quantitative estimate of drug-likeness (QED) is 0.755. The summed E-state index contributed by atoms with van der Waals surface area (Å²) in [5.41, 5.74) is 2.90. The maximum absolute atomic E-state index is 12.2. The Labute approximate surface area is 135 Å². The lowest BCUT2D eigenvalue weighted by molar-refractivity contribution is -0.130. The molecule has 0 radical (unpaired) electrons. The van der Waals surface area contributed by atoms with Gasteiger partial charge in [0.05, 0.1) is 29.7 Å². The summed E-state index contributed by atoms with van der Waals surface area (Å²) in [6.45, 7) is 6.06. The monoisotopic (exact) mass is 315 g/mol. The van der Waals surface area contributed by atoms with Crippen LogP contribution < -0.4 is 0 Å². The van der Waals surface area contributed by atoms with Crippen molar-refractivity contribution in [2.75, 3.05) is 7.05 Å². The molecule has 0 aliphatic carbocycles. The van der Waals surface area contributed by atoms with Gasteiger partial charge in [0.15, 0.2) is 5.78 Å². The molecule has 7 nitrogen and oxygen atoms in total. The van der Waals surface area contributed by atoms with Crippen molar-refractivity contribution in [1.29, 1.82) is 0 Å². The molecule has 0 saturated carbocycles. The SMILES string of the molecule is CC(=O)c1c(C)nn(CCC(=O)N(C)Cc2cnccn2)c1C. The van der Waals surface area contributed by atoms with Crippen LogP contribution in [-0.4, -0.2) is 43.4 Å². The van der Waals surface area contributed by atoms with Crippen LogP contribution >= 0.6 is 0 Å². The van der Waals surface area contributed by atoms with Gasteiger partial charge in [-0.1, -0.05) is 0 Å². The number of nitrogens with zero attached hydrogens (tertiary/aromatic N) is 5. The van der Waals surface area contributed by atoms with E-state index in [1.54, 1.807) is 35.2 Å². The Balaban J connectivity index is 1.97. The van der Waals surface area contributed by atoms with E-state index in [9.17, 15) is 9.59 Å². The number of hydrogen-bond donors (Lipinski definition) is 0. The highest BCUT2D eigenvalue weighted by Crippen LogP contribution is 2.14. The van der Waals surface area contributed by atoms with Gasteiger partial charge < -0.3 is 4.90 Å². The molecular formula is C16H21N5O2. The van der Waals surface area contributed by atoms with Gasteiger partial charge in [0.25, 0.3) is 0 Å². The summed E-state index contributed by atoms with van der Waals surface area (Å²) in [6, 6.07) is 0. The second-order valence-corrected chi connectivity index (χ2v) is 5.52. The Kier molecular flexibility index (Phi) is 5.20. The van der Waals surface area contributed by atoms with Gasteiger partial charge in [0.1, 0.15) is 0 Å². The summed E-state index contributed by atoms with van der Waals surface area (Å²) >= 11 is 0. The molecule has 7 heteroatoms. The van der Waals surface area contributed by atoms with Crippen molar-refractivity contribution in [3.8, 4) is 0 Å². The number of hydrogen-bond acceptors (Lipinski definition) is 5. The minimum absolute atomic E-state index is 0.00246. The third-order valence-electron chi connectivity index (χ3n) is 3.71. The van der Waals surface area contributed by atoms with E-state index in [1.807, 2.05) is 13.8 Å². The normalized spacial score (nSPS) is 10.6. The number of aromatic nitrogens is 4. The van der Waals surface area contributed by atoms with E-state index >= 15 is 0 Å². The molecule has 2 rings (SSSR count). The van der Waals surface area contributed by atoms with E-state index < -0.39 is 0 Å². The first-order valence-corrected chi connectivity index (χ1v) is 7.44. The zero-order chi connectivity index (χ0) is 17.0. The number of aryl methyl sites for hydroxylation is 2. The Morgan fingerprint density at radius 3 is 2.57 bits per heavy atom. The molecule has 0 atom stereocenters. The van der Waals surface area contributed by atoms with Gasteiger partial charge in [-0.05, 0) is 20.8 Å². The molecule has 2 aromatic heterocycles. The fraction of sp³-hybridized carbons (Fsp3) is 0.438. The summed E-state index contributed by atoms with van der Waals surface area (Å²) in [5.74, 6) is -0.00933. The van der Waals surface area contributed by atoms with Crippen LogP contribution in [0.25, 0.3) is 0 Å². The molecule has 1 amide bonds. The molecule has 2 aromatic rings. The summed E-state index contributed by atoms with van der Waals surface area (Å²) in [6.07, 6.45) is 5.16. The lowest BCUT2D eigenvalue weighted by atomic mass is 10.1. The third kappa shape index (κ3) is 4.00. The standard InChI is InChI=1S/C16H21N5O2/c1-11-16(13(3)22)12(2)21(19-11)8-5-15(23)20(4)10-14-9-17-6-7-18-14/h6-7,9H,5,8,10H2,1-4H3. The van der Waals surface area contributed by atoms with Crippen LogP contribution in [0.2, 0.25) is 0 Å². The molecule has 0 N–H and O–H groups in total. The fourth-order valence-corrected chi connectivity index (χ4v) is 2.56. The molecule has 0 fully saturated rings. The Bertz CT molecular complexity index is 709. The first-order valence-electron chi connectivity index (χ1n) is 7.44. The topological polar surface area (TPSA) is 81.0 Å². The summed E-state index contributed by atoms with van der Waals surface area (Å²) in [5, 5.41) is 4.35. The summed E-state index contributed by atoms with van der Waals surface area (Å²) in [4.78, 5) is 33.6. The van der Waals surface area contributed by atoms with Gasteiger partial charge in [-0.15, -0.1) is 0 Å². The molecule has 0 saturated heterocycles. The van der Waals surface area contributed by atoms with E-state index in [4.69, 9.17) is 0 Å². The molecule has 0 bridgehead atoms. The maximum Gasteiger partial charge on any atom is 0.224 e. The zero-order valence-electron chi connectivity index (χ0n) is 13.9. The van der Waals surface area contributed by atoms with E-state index in [2.05, 4.69) is 15.1 Å². The molecule has 23 heavy (non-hydrogen) atoms. The largest absolute Gasteiger partial charge is 0.340 e. The highest BCUT2D eigenvalue weighted by Gasteiger charge is 2.16. The van der Waals surface area contributed by atoms with E-state index in [0.29, 0.717) is 30.8 Å². The van der Waals surface area contributed by atoms with Crippen LogP contribution in [0.4, 0.5) is 0 Å². The molecule has 0 spiro atoms. The molecule has 122 valence electrons. The lowest BCUT2D eigenvalue weighted by Gasteiger charge is -2.16. The van der Waals surface area contributed by atoms with E-state index in [1.165, 1.54) is 6.92 Å². The van der Waals surface area contributed by atoms with Crippen LogP contribution in [0.1, 0.15) is 40.8 Å². The number of ketones is 1. The molecule has 0 aliphatic rings. The smallest absolute Gasteiger partial charge is 0.224 e. The predicted octanol–water partition coefficient (Wildman–Crippen LogP) is 1.54. The molecule has 0 aromatic carbocycles. The average Bonchev–Trinajstić information content (AvgIpc) is 2.80. The van der Waals surface area contributed by atoms with Crippen LogP contribution in [0, 0.1) is 13.8 Å². The van der Waals surface area contributed by atoms with Gasteiger partial charge in [-0.25, -0.2) is 0 Å². The number of amides is 1. The highest BCUT2D eigenvalue weighted by atomic mass is 16.2. The lowest BCUT2D eigenvalue weighted by Crippen LogP contribution is -2.27. The molecule has 0 unspecified atom stereocenters. The number of Topliss-reactive ketones (excluding diaryl/α,β-unsaturated/α-hetero) is 1. The van der Waals surface area contributed by atoms with Gasteiger partial charge in [0.2, 0.25) is 5.91 Å². The van der Waals surface area contributed by atoms with Crippen molar-refractivity contribution < 1.29 is 9.59 Å². The third-order valence-corrected chi connectivity index (χ3v) is 3.71. The van der Waals surface area contributed by atoms with Crippen molar-refractivity contribution in [1.82, 2.24) is 24.6 Å². The molecule has 2 heterocycles. The van der Waals surface area contributed by atoms with Crippen molar-refractivity contribution in [2.45, 2.75) is 40.3 Å². The maximum atomic E-state index is 12.2. The van der Waals surface area contributed by atoms with E-state index in [0.717, 1.165) is 11.4 Å². The van der Waals surface area contributed by atoms with E-state index in [-0.39, 0.29) is 11.7 Å². The van der Waals surface area contributed by atoms with Crippen LogP contribution in [-0.2, 0) is 17.9 Å². The number of carbonyl (C=O) groups is 2. The zero-order valence-corrected chi connectivity index (χ0v) is 13.9. The summed E-state index contributed by atoms with van der Waals surface area (Å²) < 4.78 is 1.72. The van der Waals surface area contributed by atoms with Crippen molar-refractivity contribution in [3.05, 3.63) is 41.2 Å². The number of carbonyl (C=O) groups excluding carboxylic acids is 2. The fourth-order valence-electron chi connectivity index (χ4n) is 2.56. The predicted molar refractivity (Wildman–Crippen MR) is 84.8 cm³/mol. The first-order chi connectivity index (χ1) is 10.9. The van der Waals surface area contributed by atoms with Crippen LogP contribution in [0.15, 0.2) is 18.6 Å². The van der Waals surface area contributed by atoms with Gasteiger partial charge >= 0.3 is 0 Å². The number of rotatable bonds is 6. The second-order valence-electron chi connectivity index (χ2n) is 5.52. The van der Waals surface area contributed by atoms with Crippen molar-refractivity contribution in [2.24, 2.45) is 0 Å². The minimum Gasteiger partial charge on any atom is -0.340 e. The van der Waals surface area contributed by atoms with Gasteiger partial charge in [-0.2, -0.15) is 5.10 Å². The first kappa shape index (κ1) is 16.8. The van der Waals surface area contributed by atoms with Crippen molar-refractivity contribution in [3.63, 3.8) is 0 Å². The van der Waals surface area contributed by atoms with Gasteiger partial charge in [-0.3, -0.25) is 24.2 Å². The molecule has 0 aliphatic heterocycles. The summed E-state index contributed by atoms with van der Waals surface area (Å²) in [7, 11) is 1.74. The average molecular weight is 315 g/mol. The Morgan fingerprint density at radius 2 is 2.00 bits per heavy atom. The van der Waals surface area contributed by atoms with Crippen LogP contribution in [0.3, 0.4) is 0 Å². The Hall–Kier alpha value is -2.57.